The molecule has 94 valence electrons. The average Bonchev–Trinajstić information content (AvgIpc) is 2.33. The number of piperidine rings is 1. The fourth-order valence-electron chi connectivity index (χ4n) is 2.32. The zero-order valence-corrected chi connectivity index (χ0v) is 10.9. The lowest BCUT2D eigenvalue weighted by molar-refractivity contribution is 0.325. The van der Waals surface area contributed by atoms with Gasteiger partial charge < -0.3 is 9.64 Å². The Balaban J connectivity index is 2.16. The fourth-order valence-corrected chi connectivity index (χ4v) is 2.32. The summed E-state index contributed by atoms with van der Waals surface area (Å²) in [6, 6.07) is 2.49. The topological polar surface area (TPSA) is 38.2 Å². The van der Waals surface area contributed by atoms with Gasteiger partial charge in [0.25, 0.3) is 0 Å². The molecule has 2 unspecified atom stereocenters. The lowest BCUT2D eigenvalue weighted by Gasteiger charge is -2.37. The summed E-state index contributed by atoms with van der Waals surface area (Å²) in [7, 11) is 0. The summed E-state index contributed by atoms with van der Waals surface area (Å²) in [5, 5.41) is 0. The Morgan fingerprint density at radius 2 is 2.18 bits per heavy atom. The van der Waals surface area contributed by atoms with Gasteiger partial charge in [0.15, 0.2) is 0 Å². The van der Waals surface area contributed by atoms with Gasteiger partial charge in [-0.05, 0) is 32.6 Å². The molecule has 4 heteroatoms. The maximum atomic E-state index is 5.42. The van der Waals surface area contributed by atoms with E-state index in [1.54, 1.807) is 6.33 Å². The maximum Gasteiger partial charge on any atom is 0.218 e. The minimum absolute atomic E-state index is 0.551. The van der Waals surface area contributed by atoms with E-state index in [0.717, 1.165) is 18.3 Å². The smallest absolute Gasteiger partial charge is 0.218 e. The molecule has 1 fully saturated rings. The van der Waals surface area contributed by atoms with Crippen LogP contribution in [0.1, 0.15) is 33.6 Å². The van der Waals surface area contributed by atoms with Crippen molar-refractivity contribution in [2.45, 2.75) is 39.7 Å². The van der Waals surface area contributed by atoms with Crippen molar-refractivity contribution in [3.8, 4) is 5.88 Å². The number of hydrogen-bond donors (Lipinski definition) is 0. The van der Waals surface area contributed by atoms with E-state index in [2.05, 4.69) is 28.7 Å². The van der Waals surface area contributed by atoms with Crippen LogP contribution in [0, 0.1) is 5.92 Å². The molecule has 1 aliphatic heterocycles. The van der Waals surface area contributed by atoms with E-state index in [9.17, 15) is 0 Å². The molecule has 1 aromatic rings. The fraction of sp³-hybridized carbons (Fsp3) is 0.692. The predicted octanol–water partition coefficient (Wildman–Crippen LogP) is 2.50. The van der Waals surface area contributed by atoms with Gasteiger partial charge in [-0.1, -0.05) is 6.92 Å². The monoisotopic (exact) mass is 235 g/mol. The first-order chi connectivity index (χ1) is 8.20. The van der Waals surface area contributed by atoms with E-state index in [0.29, 0.717) is 18.5 Å². The molecule has 0 amide bonds. The summed E-state index contributed by atoms with van der Waals surface area (Å²) >= 11 is 0. The molecule has 0 saturated carbocycles. The lowest BCUT2D eigenvalue weighted by Crippen LogP contribution is -2.41. The van der Waals surface area contributed by atoms with E-state index < -0.39 is 0 Å². The van der Waals surface area contributed by atoms with Crippen molar-refractivity contribution < 1.29 is 4.74 Å². The van der Waals surface area contributed by atoms with E-state index in [1.165, 1.54) is 12.8 Å². The van der Waals surface area contributed by atoms with Gasteiger partial charge in [0, 0.05) is 18.7 Å². The number of anilines is 1. The van der Waals surface area contributed by atoms with Crippen LogP contribution in [0.15, 0.2) is 12.4 Å². The minimum Gasteiger partial charge on any atom is -0.478 e. The van der Waals surface area contributed by atoms with Crippen LogP contribution in [-0.2, 0) is 0 Å². The van der Waals surface area contributed by atoms with Crippen LogP contribution in [0.5, 0.6) is 5.88 Å². The molecule has 0 aliphatic carbocycles. The van der Waals surface area contributed by atoms with Gasteiger partial charge in [-0.2, -0.15) is 0 Å². The molecular weight excluding hydrogens is 214 g/mol. The van der Waals surface area contributed by atoms with Crippen LogP contribution in [0.2, 0.25) is 0 Å². The Kier molecular flexibility index (Phi) is 3.82. The first-order valence-electron chi connectivity index (χ1n) is 6.42. The second-order valence-electron chi connectivity index (χ2n) is 4.83. The van der Waals surface area contributed by atoms with E-state index in [1.807, 2.05) is 13.0 Å². The van der Waals surface area contributed by atoms with Crippen LogP contribution in [0.3, 0.4) is 0 Å². The van der Waals surface area contributed by atoms with Crippen molar-refractivity contribution in [2.75, 3.05) is 18.1 Å². The van der Waals surface area contributed by atoms with Gasteiger partial charge in [0.2, 0.25) is 5.88 Å². The van der Waals surface area contributed by atoms with Crippen molar-refractivity contribution in [2.24, 2.45) is 5.92 Å². The van der Waals surface area contributed by atoms with Crippen molar-refractivity contribution in [1.29, 1.82) is 0 Å². The molecular formula is C13H21N3O. The Bertz CT molecular complexity index is 369. The SMILES string of the molecule is CCOc1cc(N2CC(C)CCC2C)ncn1. The largest absolute Gasteiger partial charge is 0.478 e. The van der Waals surface area contributed by atoms with Crippen molar-refractivity contribution in [3.63, 3.8) is 0 Å². The van der Waals surface area contributed by atoms with Crippen LogP contribution < -0.4 is 9.64 Å². The van der Waals surface area contributed by atoms with Gasteiger partial charge in [-0.25, -0.2) is 9.97 Å². The van der Waals surface area contributed by atoms with E-state index in [-0.39, 0.29) is 0 Å². The summed E-state index contributed by atoms with van der Waals surface area (Å²) in [5.41, 5.74) is 0. The third-order valence-electron chi connectivity index (χ3n) is 3.33. The van der Waals surface area contributed by atoms with Crippen LogP contribution in [0.4, 0.5) is 5.82 Å². The number of aromatic nitrogens is 2. The highest BCUT2D eigenvalue weighted by atomic mass is 16.5. The highest BCUT2D eigenvalue weighted by molar-refractivity contribution is 5.42. The molecule has 1 aliphatic rings. The summed E-state index contributed by atoms with van der Waals surface area (Å²) < 4.78 is 5.42. The summed E-state index contributed by atoms with van der Waals surface area (Å²) in [4.78, 5) is 10.8. The summed E-state index contributed by atoms with van der Waals surface area (Å²) in [5.74, 6) is 2.39. The van der Waals surface area contributed by atoms with Crippen LogP contribution >= 0.6 is 0 Å². The molecule has 0 spiro atoms. The molecule has 2 rings (SSSR count). The van der Waals surface area contributed by atoms with Crippen molar-refractivity contribution >= 4 is 5.82 Å². The number of rotatable bonds is 3. The quantitative estimate of drug-likeness (QED) is 0.807. The first-order valence-corrected chi connectivity index (χ1v) is 6.42. The number of ether oxygens (including phenoxy) is 1. The third-order valence-corrected chi connectivity index (χ3v) is 3.33. The first kappa shape index (κ1) is 12.1. The zero-order chi connectivity index (χ0) is 12.3. The molecule has 1 saturated heterocycles. The lowest BCUT2D eigenvalue weighted by atomic mass is 9.95. The maximum absolute atomic E-state index is 5.42. The molecule has 0 aromatic carbocycles. The van der Waals surface area contributed by atoms with Crippen molar-refractivity contribution in [3.05, 3.63) is 12.4 Å². The van der Waals surface area contributed by atoms with Crippen LogP contribution in [-0.4, -0.2) is 29.2 Å². The molecule has 0 bridgehead atoms. The second-order valence-corrected chi connectivity index (χ2v) is 4.83. The number of nitrogens with zero attached hydrogens (tertiary/aromatic N) is 3. The molecule has 17 heavy (non-hydrogen) atoms. The van der Waals surface area contributed by atoms with Crippen molar-refractivity contribution in [1.82, 2.24) is 9.97 Å². The molecule has 2 atom stereocenters. The Hall–Kier alpha value is -1.32. The van der Waals surface area contributed by atoms with Gasteiger partial charge in [0.05, 0.1) is 6.61 Å². The predicted molar refractivity (Wildman–Crippen MR) is 68.4 cm³/mol. The van der Waals surface area contributed by atoms with Gasteiger partial charge in [0.1, 0.15) is 12.1 Å². The Labute approximate surface area is 103 Å². The molecule has 0 N–H and O–H groups in total. The van der Waals surface area contributed by atoms with E-state index >= 15 is 0 Å². The zero-order valence-electron chi connectivity index (χ0n) is 10.9. The highest BCUT2D eigenvalue weighted by Crippen LogP contribution is 2.27. The molecule has 2 heterocycles. The highest BCUT2D eigenvalue weighted by Gasteiger charge is 2.24. The summed E-state index contributed by atoms with van der Waals surface area (Å²) in [6.07, 6.45) is 4.13. The number of hydrogen-bond acceptors (Lipinski definition) is 4. The molecule has 4 nitrogen and oxygen atoms in total. The Morgan fingerprint density at radius 3 is 2.94 bits per heavy atom. The van der Waals surface area contributed by atoms with Gasteiger partial charge in [-0.15, -0.1) is 0 Å². The average molecular weight is 235 g/mol. The van der Waals surface area contributed by atoms with E-state index in [4.69, 9.17) is 4.74 Å². The molecule has 0 radical (unpaired) electrons. The molecule has 1 aromatic heterocycles. The summed E-state index contributed by atoms with van der Waals surface area (Å²) in [6.45, 7) is 8.23. The van der Waals surface area contributed by atoms with Crippen LogP contribution in [0.25, 0.3) is 0 Å². The second kappa shape index (κ2) is 5.34. The third kappa shape index (κ3) is 2.87. The standard InChI is InChI=1S/C13H21N3O/c1-4-17-13-7-12(14-9-15-13)16-8-10(2)5-6-11(16)3/h7,9-11H,4-6,8H2,1-3H3. The normalized spacial score (nSPS) is 24.8. The van der Waals surface area contributed by atoms with Gasteiger partial charge in [-0.3, -0.25) is 0 Å². The van der Waals surface area contributed by atoms with Gasteiger partial charge >= 0.3 is 0 Å². The Morgan fingerprint density at radius 1 is 1.35 bits per heavy atom. The minimum atomic E-state index is 0.551.